The standard InChI is InChI=1S/C12H26N2/c1-11(10-13)14-9-8-12-6-4-2-3-5-7-12/h11-12,14H,2-10,13H2,1H3/t11-/m0/s1. The lowest BCUT2D eigenvalue weighted by Crippen LogP contribution is -2.34. The number of rotatable bonds is 5. The van der Waals surface area contributed by atoms with E-state index in [0.29, 0.717) is 6.04 Å². The predicted molar refractivity (Wildman–Crippen MR) is 62.3 cm³/mol. The molecule has 0 unspecified atom stereocenters. The summed E-state index contributed by atoms with van der Waals surface area (Å²) in [5, 5.41) is 3.47. The van der Waals surface area contributed by atoms with Crippen LogP contribution in [0.5, 0.6) is 0 Å². The van der Waals surface area contributed by atoms with Crippen LogP contribution in [-0.2, 0) is 0 Å². The molecular weight excluding hydrogens is 172 g/mol. The van der Waals surface area contributed by atoms with Gasteiger partial charge in [0.15, 0.2) is 0 Å². The monoisotopic (exact) mass is 198 g/mol. The molecule has 0 saturated heterocycles. The van der Waals surface area contributed by atoms with Crippen LogP contribution in [0, 0.1) is 5.92 Å². The molecule has 1 rings (SSSR count). The molecule has 0 aromatic heterocycles. The lowest BCUT2D eigenvalue weighted by atomic mass is 9.96. The summed E-state index contributed by atoms with van der Waals surface area (Å²) in [7, 11) is 0. The van der Waals surface area contributed by atoms with Crippen molar-refractivity contribution in [2.45, 2.75) is 57.9 Å². The van der Waals surface area contributed by atoms with Crippen LogP contribution >= 0.6 is 0 Å². The van der Waals surface area contributed by atoms with E-state index >= 15 is 0 Å². The molecule has 1 aliphatic rings. The molecule has 0 spiro atoms. The van der Waals surface area contributed by atoms with Gasteiger partial charge in [-0.15, -0.1) is 0 Å². The van der Waals surface area contributed by atoms with Crippen molar-refractivity contribution in [3.63, 3.8) is 0 Å². The van der Waals surface area contributed by atoms with Crippen LogP contribution in [0.25, 0.3) is 0 Å². The normalized spacial score (nSPS) is 21.9. The second-order valence-electron chi connectivity index (χ2n) is 4.74. The topological polar surface area (TPSA) is 38.0 Å². The minimum absolute atomic E-state index is 0.487. The fourth-order valence-electron chi connectivity index (χ4n) is 2.27. The molecular formula is C12H26N2. The van der Waals surface area contributed by atoms with Gasteiger partial charge in [0, 0.05) is 12.6 Å². The number of nitrogens with one attached hydrogen (secondary N) is 1. The van der Waals surface area contributed by atoms with Crippen LogP contribution in [0.2, 0.25) is 0 Å². The summed E-state index contributed by atoms with van der Waals surface area (Å²) in [6.45, 7) is 4.07. The lowest BCUT2D eigenvalue weighted by molar-refractivity contribution is 0.402. The van der Waals surface area contributed by atoms with E-state index in [-0.39, 0.29) is 0 Å². The highest BCUT2D eigenvalue weighted by molar-refractivity contribution is 4.67. The fourth-order valence-corrected chi connectivity index (χ4v) is 2.27. The van der Waals surface area contributed by atoms with E-state index in [1.54, 1.807) is 0 Å². The Morgan fingerprint density at radius 2 is 1.86 bits per heavy atom. The van der Waals surface area contributed by atoms with Crippen LogP contribution in [0.1, 0.15) is 51.9 Å². The molecule has 0 aromatic rings. The highest BCUT2D eigenvalue weighted by atomic mass is 14.9. The molecule has 0 heterocycles. The van der Waals surface area contributed by atoms with Crippen molar-refractivity contribution in [3.8, 4) is 0 Å². The first-order chi connectivity index (χ1) is 6.83. The maximum atomic E-state index is 5.55. The van der Waals surface area contributed by atoms with Gasteiger partial charge in [-0.25, -0.2) is 0 Å². The number of hydrogen-bond donors (Lipinski definition) is 2. The van der Waals surface area contributed by atoms with Crippen molar-refractivity contribution in [1.82, 2.24) is 5.32 Å². The lowest BCUT2D eigenvalue weighted by Gasteiger charge is -2.16. The van der Waals surface area contributed by atoms with E-state index in [0.717, 1.165) is 19.0 Å². The van der Waals surface area contributed by atoms with Crippen LogP contribution in [0.15, 0.2) is 0 Å². The van der Waals surface area contributed by atoms with Gasteiger partial charge in [0.1, 0.15) is 0 Å². The molecule has 0 radical (unpaired) electrons. The molecule has 3 N–H and O–H groups in total. The third kappa shape index (κ3) is 4.97. The molecule has 84 valence electrons. The second kappa shape index (κ2) is 7.24. The first-order valence-electron chi connectivity index (χ1n) is 6.26. The van der Waals surface area contributed by atoms with Gasteiger partial charge >= 0.3 is 0 Å². The van der Waals surface area contributed by atoms with Gasteiger partial charge in [0.25, 0.3) is 0 Å². The van der Waals surface area contributed by atoms with Crippen molar-refractivity contribution >= 4 is 0 Å². The van der Waals surface area contributed by atoms with Gasteiger partial charge in [0.05, 0.1) is 0 Å². The molecule has 2 nitrogen and oxygen atoms in total. The first kappa shape index (κ1) is 12.0. The summed E-state index contributed by atoms with van der Waals surface area (Å²) in [5.74, 6) is 0.981. The van der Waals surface area contributed by atoms with Crippen molar-refractivity contribution < 1.29 is 0 Å². The zero-order chi connectivity index (χ0) is 10.2. The Kier molecular flexibility index (Phi) is 6.20. The van der Waals surface area contributed by atoms with E-state index in [1.807, 2.05) is 0 Å². The minimum Gasteiger partial charge on any atom is -0.329 e. The van der Waals surface area contributed by atoms with Crippen LogP contribution in [0.4, 0.5) is 0 Å². The highest BCUT2D eigenvalue weighted by Gasteiger charge is 2.11. The van der Waals surface area contributed by atoms with Gasteiger partial charge in [-0.1, -0.05) is 38.5 Å². The van der Waals surface area contributed by atoms with Crippen molar-refractivity contribution in [2.24, 2.45) is 11.7 Å². The molecule has 0 aliphatic heterocycles. The Bertz CT molecular complexity index is 128. The van der Waals surface area contributed by atoms with Crippen molar-refractivity contribution in [2.75, 3.05) is 13.1 Å². The third-order valence-corrected chi connectivity index (χ3v) is 3.37. The zero-order valence-corrected chi connectivity index (χ0v) is 9.60. The molecule has 2 heteroatoms. The molecule has 1 atom stereocenters. The molecule has 1 fully saturated rings. The smallest absolute Gasteiger partial charge is 0.0161 e. The van der Waals surface area contributed by atoms with E-state index in [4.69, 9.17) is 5.73 Å². The quantitative estimate of drug-likeness (QED) is 0.665. The largest absolute Gasteiger partial charge is 0.329 e. The van der Waals surface area contributed by atoms with Gasteiger partial charge < -0.3 is 11.1 Å². The molecule has 0 bridgehead atoms. The summed E-state index contributed by atoms with van der Waals surface area (Å²) in [4.78, 5) is 0. The summed E-state index contributed by atoms with van der Waals surface area (Å²) >= 11 is 0. The average Bonchev–Trinajstić information content (AvgIpc) is 2.46. The Morgan fingerprint density at radius 1 is 1.21 bits per heavy atom. The van der Waals surface area contributed by atoms with Gasteiger partial charge in [-0.2, -0.15) is 0 Å². The average molecular weight is 198 g/mol. The van der Waals surface area contributed by atoms with E-state index in [1.165, 1.54) is 44.9 Å². The Labute approximate surface area is 88.6 Å². The molecule has 1 aliphatic carbocycles. The second-order valence-corrected chi connectivity index (χ2v) is 4.74. The Hall–Kier alpha value is -0.0800. The molecule has 14 heavy (non-hydrogen) atoms. The van der Waals surface area contributed by atoms with E-state index < -0.39 is 0 Å². The summed E-state index contributed by atoms with van der Waals surface area (Å²) < 4.78 is 0. The van der Waals surface area contributed by atoms with Crippen LogP contribution in [-0.4, -0.2) is 19.1 Å². The van der Waals surface area contributed by atoms with Crippen molar-refractivity contribution in [1.29, 1.82) is 0 Å². The van der Waals surface area contributed by atoms with Gasteiger partial charge in [-0.3, -0.25) is 0 Å². The van der Waals surface area contributed by atoms with E-state index in [2.05, 4.69) is 12.2 Å². The first-order valence-corrected chi connectivity index (χ1v) is 6.26. The van der Waals surface area contributed by atoms with Crippen LogP contribution < -0.4 is 11.1 Å². The SMILES string of the molecule is C[C@@H](CN)NCCC1CCCCCC1. The van der Waals surface area contributed by atoms with Crippen molar-refractivity contribution in [3.05, 3.63) is 0 Å². The molecule has 1 saturated carbocycles. The maximum absolute atomic E-state index is 5.55. The van der Waals surface area contributed by atoms with Gasteiger partial charge in [-0.05, 0) is 25.8 Å². The fraction of sp³-hybridized carbons (Fsp3) is 1.00. The predicted octanol–water partition coefficient (Wildman–Crippen LogP) is 2.28. The highest BCUT2D eigenvalue weighted by Crippen LogP contribution is 2.24. The van der Waals surface area contributed by atoms with Gasteiger partial charge in [0.2, 0.25) is 0 Å². The summed E-state index contributed by atoms with van der Waals surface area (Å²) in [5.41, 5.74) is 5.55. The van der Waals surface area contributed by atoms with E-state index in [9.17, 15) is 0 Å². The zero-order valence-electron chi connectivity index (χ0n) is 9.60. The number of hydrogen-bond acceptors (Lipinski definition) is 2. The Morgan fingerprint density at radius 3 is 2.43 bits per heavy atom. The summed E-state index contributed by atoms with van der Waals surface area (Å²) in [6, 6.07) is 0.487. The maximum Gasteiger partial charge on any atom is 0.0161 e. The number of nitrogens with two attached hydrogens (primary N) is 1. The van der Waals surface area contributed by atoms with Crippen LogP contribution in [0.3, 0.4) is 0 Å². The summed E-state index contributed by atoms with van der Waals surface area (Å²) in [6.07, 6.45) is 10.1. The third-order valence-electron chi connectivity index (χ3n) is 3.37. The molecule has 0 amide bonds. The minimum atomic E-state index is 0.487. The molecule has 0 aromatic carbocycles. The Balaban J connectivity index is 2.04.